The van der Waals surface area contributed by atoms with Gasteiger partial charge in [-0.05, 0) is 31.2 Å². The Morgan fingerprint density at radius 2 is 2.21 bits per heavy atom. The normalized spacial score (nSPS) is 22.3. The average Bonchev–Trinajstić information content (AvgIpc) is 2.79. The molecule has 1 aliphatic rings. The van der Waals surface area contributed by atoms with E-state index in [1.54, 1.807) is 11.3 Å². The fourth-order valence-corrected chi connectivity index (χ4v) is 3.50. The van der Waals surface area contributed by atoms with E-state index in [1.807, 2.05) is 0 Å². The Balaban J connectivity index is 1.97. The molecule has 0 unspecified atom stereocenters. The number of thiophene rings is 1. The first-order valence-electron chi connectivity index (χ1n) is 6.73. The number of hydrazine groups is 1. The van der Waals surface area contributed by atoms with Crippen molar-refractivity contribution in [3.63, 3.8) is 0 Å². The monoisotopic (exact) mass is 277 g/mol. The van der Waals surface area contributed by atoms with Gasteiger partial charge < -0.3 is 5.32 Å². The van der Waals surface area contributed by atoms with Crippen LogP contribution in [0.25, 0.3) is 10.2 Å². The number of anilines is 2. The summed E-state index contributed by atoms with van der Waals surface area (Å²) in [4.78, 5) is 11.2. The zero-order chi connectivity index (χ0) is 13.4. The molecular weight excluding hydrogens is 258 g/mol. The van der Waals surface area contributed by atoms with E-state index in [0.29, 0.717) is 12.0 Å². The van der Waals surface area contributed by atoms with Crippen LogP contribution in [-0.4, -0.2) is 16.0 Å². The third-order valence-corrected chi connectivity index (χ3v) is 4.81. The van der Waals surface area contributed by atoms with Crippen LogP contribution >= 0.6 is 11.3 Å². The van der Waals surface area contributed by atoms with Gasteiger partial charge in [0.15, 0.2) is 0 Å². The van der Waals surface area contributed by atoms with Crippen LogP contribution in [0.5, 0.6) is 0 Å². The quantitative estimate of drug-likeness (QED) is 0.592. The SMILES string of the molecule is CCc1cc2c(NC3CC(C)C3)nc(NN)nc2s1. The molecule has 6 heteroatoms. The van der Waals surface area contributed by atoms with Crippen molar-refractivity contribution in [2.75, 3.05) is 10.7 Å². The van der Waals surface area contributed by atoms with Gasteiger partial charge in [-0.25, -0.2) is 10.8 Å². The van der Waals surface area contributed by atoms with Crippen molar-refractivity contribution in [3.05, 3.63) is 10.9 Å². The lowest BCUT2D eigenvalue weighted by Crippen LogP contribution is -2.34. The highest BCUT2D eigenvalue weighted by molar-refractivity contribution is 7.18. The minimum absolute atomic E-state index is 0.479. The highest BCUT2D eigenvalue weighted by Gasteiger charge is 2.26. The summed E-state index contributed by atoms with van der Waals surface area (Å²) in [6.07, 6.45) is 3.44. The number of nitrogens with zero attached hydrogens (tertiary/aromatic N) is 2. The predicted octanol–water partition coefficient (Wildman–Crippen LogP) is 2.75. The largest absolute Gasteiger partial charge is 0.367 e. The van der Waals surface area contributed by atoms with Crippen LogP contribution in [0.2, 0.25) is 0 Å². The smallest absolute Gasteiger partial charge is 0.240 e. The molecule has 0 amide bonds. The Labute approximate surface area is 116 Å². The lowest BCUT2D eigenvalue weighted by atomic mass is 9.82. The summed E-state index contributed by atoms with van der Waals surface area (Å²) >= 11 is 1.71. The molecule has 2 aromatic heterocycles. The molecule has 4 N–H and O–H groups in total. The fraction of sp³-hybridized carbons (Fsp3) is 0.538. The maximum Gasteiger partial charge on any atom is 0.240 e. The summed E-state index contributed by atoms with van der Waals surface area (Å²) in [7, 11) is 0. The van der Waals surface area contributed by atoms with E-state index < -0.39 is 0 Å². The van der Waals surface area contributed by atoms with Crippen molar-refractivity contribution >= 4 is 33.3 Å². The molecule has 19 heavy (non-hydrogen) atoms. The van der Waals surface area contributed by atoms with Crippen LogP contribution in [0.4, 0.5) is 11.8 Å². The lowest BCUT2D eigenvalue weighted by molar-refractivity contribution is 0.309. The molecule has 0 atom stereocenters. The first kappa shape index (κ1) is 12.6. The Morgan fingerprint density at radius 1 is 1.42 bits per heavy atom. The third-order valence-electron chi connectivity index (χ3n) is 3.64. The molecular formula is C13H19N5S. The highest BCUT2D eigenvalue weighted by Crippen LogP contribution is 2.34. The molecule has 2 aromatic rings. The van der Waals surface area contributed by atoms with Crippen molar-refractivity contribution in [3.8, 4) is 0 Å². The first-order valence-corrected chi connectivity index (χ1v) is 7.54. The Hall–Kier alpha value is -1.40. The van der Waals surface area contributed by atoms with E-state index in [9.17, 15) is 0 Å². The summed E-state index contributed by atoms with van der Waals surface area (Å²) < 4.78 is 0. The van der Waals surface area contributed by atoms with Crippen LogP contribution in [0.3, 0.4) is 0 Å². The number of aryl methyl sites for hydroxylation is 1. The van der Waals surface area contributed by atoms with Gasteiger partial charge in [-0.2, -0.15) is 4.98 Å². The Bertz CT molecular complexity index is 588. The van der Waals surface area contributed by atoms with Gasteiger partial charge in [0, 0.05) is 10.9 Å². The van der Waals surface area contributed by atoms with E-state index in [-0.39, 0.29) is 0 Å². The standard InChI is InChI=1S/C13H19N5S/c1-3-9-6-10-11(15-8-4-7(2)5-8)16-13(18-14)17-12(10)19-9/h6-8H,3-5,14H2,1-2H3,(H2,15,16,17,18). The zero-order valence-electron chi connectivity index (χ0n) is 11.2. The third kappa shape index (κ3) is 2.37. The van der Waals surface area contributed by atoms with Crippen molar-refractivity contribution in [1.82, 2.24) is 9.97 Å². The van der Waals surface area contributed by atoms with Gasteiger partial charge in [-0.1, -0.05) is 13.8 Å². The highest BCUT2D eigenvalue weighted by atomic mass is 32.1. The van der Waals surface area contributed by atoms with Crippen molar-refractivity contribution in [2.24, 2.45) is 11.8 Å². The number of nitrogens with one attached hydrogen (secondary N) is 2. The van der Waals surface area contributed by atoms with Gasteiger partial charge in [0.1, 0.15) is 10.6 Å². The van der Waals surface area contributed by atoms with Crippen LogP contribution < -0.4 is 16.6 Å². The number of aromatic nitrogens is 2. The van der Waals surface area contributed by atoms with Gasteiger partial charge >= 0.3 is 0 Å². The Morgan fingerprint density at radius 3 is 2.84 bits per heavy atom. The molecule has 2 heterocycles. The molecule has 3 rings (SSSR count). The van der Waals surface area contributed by atoms with Gasteiger partial charge in [-0.3, -0.25) is 5.43 Å². The van der Waals surface area contributed by atoms with Crippen LogP contribution in [0, 0.1) is 5.92 Å². The molecule has 0 aromatic carbocycles. The van der Waals surface area contributed by atoms with Gasteiger partial charge in [0.25, 0.3) is 0 Å². The fourth-order valence-electron chi connectivity index (χ4n) is 2.53. The van der Waals surface area contributed by atoms with E-state index in [1.165, 1.54) is 17.7 Å². The zero-order valence-corrected chi connectivity index (χ0v) is 12.0. The van der Waals surface area contributed by atoms with E-state index >= 15 is 0 Å². The molecule has 0 radical (unpaired) electrons. The molecule has 0 saturated heterocycles. The molecule has 5 nitrogen and oxygen atoms in total. The summed E-state index contributed by atoms with van der Waals surface area (Å²) in [6, 6.07) is 2.72. The van der Waals surface area contributed by atoms with Crippen LogP contribution in [-0.2, 0) is 6.42 Å². The van der Waals surface area contributed by atoms with Crippen LogP contribution in [0.15, 0.2) is 6.07 Å². The van der Waals surface area contributed by atoms with E-state index in [2.05, 4.69) is 40.6 Å². The topological polar surface area (TPSA) is 75.9 Å². The number of nitrogens with two attached hydrogens (primary N) is 1. The molecule has 0 spiro atoms. The molecule has 1 saturated carbocycles. The second-order valence-corrected chi connectivity index (χ2v) is 6.36. The predicted molar refractivity (Wildman–Crippen MR) is 80.4 cm³/mol. The second kappa shape index (κ2) is 4.94. The summed E-state index contributed by atoms with van der Waals surface area (Å²) in [6.45, 7) is 4.43. The number of rotatable bonds is 4. The molecule has 1 aliphatic carbocycles. The van der Waals surface area contributed by atoms with Gasteiger partial charge in [0.05, 0.1) is 5.39 Å². The van der Waals surface area contributed by atoms with Crippen LogP contribution in [0.1, 0.15) is 31.6 Å². The molecule has 0 bridgehead atoms. The van der Waals surface area contributed by atoms with Crippen molar-refractivity contribution < 1.29 is 0 Å². The van der Waals surface area contributed by atoms with Crippen molar-refractivity contribution in [2.45, 2.75) is 39.2 Å². The Kier molecular flexibility index (Phi) is 3.28. The minimum atomic E-state index is 0.479. The van der Waals surface area contributed by atoms with Crippen molar-refractivity contribution in [1.29, 1.82) is 0 Å². The first-order chi connectivity index (χ1) is 9.19. The number of hydrogen-bond donors (Lipinski definition) is 3. The van der Waals surface area contributed by atoms with Gasteiger partial charge in [-0.15, -0.1) is 11.3 Å². The number of fused-ring (bicyclic) bond motifs is 1. The van der Waals surface area contributed by atoms with E-state index in [0.717, 1.165) is 28.4 Å². The van der Waals surface area contributed by atoms with Gasteiger partial charge in [0.2, 0.25) is 5.95 Å². The minimum Gasteiger partial charge on any atom is -0.367 e. The lowest BCUT2D eigenvalue weighted by Gasteiger charge is -2.33. The summed E-state index contributed by atoms with van der Waals surface area (Å²) in [5, 5.41) is 4.64. The number of hydrogen-bond acceptors (Lipinski definition) is 6. The summed E-state index contributed by atoms with van der Waals surface area (Å²) in [5.41, 5.74) is 2.55. The molecule has 1 fully saturated rings. The second-order valence-electron chi connectivity index (χ2n) is 5.24. The average molecular weight is 277 g/mol. The maximum absolute atomic E-state index is 5.45. The summed E-state index contributed by atoms with van der Waals surface area (Å²) in [5.74, 6) is 7.65. The van der Waals surface area contributed by atoms with E-state index in [4.69, 9.17) is 5.84 Å². The maximum atomic E-state index is 5.45. The molecule has 102 valence electrons. The molecule has 0 aliphatic heterocycles. The number of nitrogen functional groups attached to an aromatic ring is 1.